The van der Waals surface area contributed by atoms with Gasteiger partial charge in [-0.2, -0.15) is 0 Å². The van der Waals surface area contributed by atoms with Crippen LogP contribution in [0.25, 0.3) is 0 Å². The monoisotopic (exact) mass is 303 g/mol. The SMILES string of the molecule is C[C@H]1CCC[C@H]1NC(=O)NCCNC(=O)Cc1ccccc1. The van der Waals surface area contributed by atoms with Gasteiger partial charge in [0.2, 0.25) is 5.91 Å². The third-order valence-corrected chi connectivity index (χ3v) is 4.12. The van der Waals surface area contributed by atoms with E-state index in [9.17, 15) is 9.59 Å². The van der Waals surface area contributed by atoms with Gasteiger partial charge in [0.05, 0.1) is 6.42 Å². The molecule has 0 bridgehead atoms. The minimum Gasteiger partial charge on any atom is -0.354 e. The molecule has 1 fully saturated rings. The van der Waals surface area contributed by atoms with Crippen molar-refractivity contribution in [2.45, 2.75) is 38.6 Å². The molecule has 1 aliphatic carbocycles. The molecule has 1 aliphatic rings. The maximum atomic E-state index is 11.7. The molecule has 0 radical (unpaired) electrons. The second kappa shape index (κ2) is 8.41. The van der Waals surface area contributed by atoms with Gasteiger partial charge in [-0.1, -0.05) is 43.7 Å². The zero-order valence-corrected chi connectivity index (χ0v) is 13.1. The Kier molecular flexibility index (Phi) is 6.25. The van der Waals surface area contributed by atoms with Gasteiger partial charge in [0.15, 0.2) is 0 Å². The number of rotatable bonds is 6. The van der Waals surface area contributed by atoms with E-state index < -0.39 is 0 Å². The third-order valence-electron chi connectivity index (χ3n) is 4.12. The van der Waals surface area contributed by atoms with Crippen molar-refractivity contribution in [1.29, 1.82) is 0 Å². The van der Waals surface area contributed by atoms with Crippen LogP contribution in [0, 0.1) is 5.92 Å². The van der Waals surface area contributed by atoms with Gasteiger partial charge < -0.3 is 16.0 Å². The third kappa shape index (κ3) is 5.39. The van der Waals surface area contributed by atoms with Crippen LogP contribution in [0.3, 0.4) is 0 Å². The van der Waals surface area contributed by atoms with Crippen molar-refractivity contribution in [1.82, 2.24) is 16.0 Å². The topological polar surface area (TPSA) is 70.2 Å². The summed E-state index contributed by atoms with van der Waals surface area (Å²) in [6.07, 6.45) is 3.79. The summed E-state index contributed by atoms with van der Waals surface area (Å²) in [4.78, 5) is 23.5. The van der Waals surface area contributed by atoms with E-state index >= 15 is 0 Å². The van der Waals surface area contributed by atoms with E-state index in [0.717, 1.165) is 12.0 Å². The smallest absolute Gasteiger partial charge is 0.315 e. The van der Waals surface area contributed by atoms with E-state index in [2.05, 4.69) is 22.9 Å². The molecule has 0 spiro atoms. The Morgan fingerprint density at radius 1 is 1.09 bits per heavy atom. The highest BCUT2D eigenvalue weighted by Crippen LogP contribution is 2.24. The lowest BCUT2D eigenvalue weighted by Crippen LogP contribution is -2.45. The van der Waals surface area contributed by atoms with Crippen LogP contribution in [0.15, 0.2) is 30.3 Å². The van der Waals surface area contributed by atoms with Crippen LogP contribution >= 0.6 is 0 Å². The summed E-state index contributed by atoms with van der Waals surface area (Å²) in [5.74, 6) is 0.522. The van der Waals surface area contributed by atoms with Crippen molar-refractivity contribution in [3.8, 4) is 0 Å². The lowest BCUT2D eigenvalue weighted by Gasteiger charge is -2.17. The molecule has 0 unspecified atom stereocenters. The minimum atomic E-state index is -0.143. The molecular weight excluding hydrogens is 278 g/mol. The summed E-state index contributed by atoms with van der Waals surface area (Å²) < 4.78 is 0. The van der Waals surface area contributed by atoms with Crippen LogP contribution in [-0.2, 0) is 11.2 Å². The van der Waals surface area contributed by atoms with Gasteiger partial charge in [0.25, 0.3) is 0 Å². The second-order valence-electron chi connectivity index (χ2n) is 5.93. The highest BCUT2D eigenvalue weighted by molar-refractivity contribution is 5.78. The summed E-state index contributed by atoms with van der Waals surface area (Å²) in [7, 11) is 0. The zero-order chi connectivity index (χ0) is 15.8. The van der Waals surface area contributed by atoms with Crippen LogP contribution in [0.2, 0.25) is 0 Å². The van der Waals surface area contributed by atoms with Gasteiger partial charge in [-0.15, -0.1) is 0 Å². The Bertz CT molecular complexity index is 490. The number of nitrogens with one attached hydrogen (secondary N) is 3. The van der Waals surface area contributed by atoms with Crippen molar-refractivity contribution in [3.05, 3.63) is 35.9 Å². The van der Waals surface area contributed by atoms with E-state index in [-0.39, 0.29) is 18.0 Å². The second-order valence-corrected chi connectivity index (χ2v) is 5.93. The van der Waals surface area contributed by atoms with E-state index in [1.807, 2.05) is 30.3 Å². The first-order valence-corrected chi connectivity index (χ1v) is 8.00. The predicted molar refractivity (Wildman–Crippen MR) is 86.5 cm³/mol. The Balaban J connectivity index is 1.56. The number of urea groups is 1. The summed E-state index contributed by atoms with van der Waals surface area (Å²) >= 11 is 0. The molecule has 120 valence electrons. The van der Waals surface area contributed by atoms with Crippen LogP contribution in [0.4, 0.5) is 4.79 Å². The summed E-state index contributed by atoms with van der Waals surface area (Å²) in [6.45, 7) is 3.05. The molecule has 1 saturated carbocycles. The molecule has 0 heterocycles. The molecule has 22 heavy (non-hydrogen) atoms. The van der Waals surface area contributed by atoms with Gasteiger partial charge in [-0.05, 0) is 24.3 Å². The van der Waals surface area contributed by atoms with Gasteiger partial charge in [0, 0.05) is 19.1 Å². The van der Waals surface area contributed by atoms with Gasteiger partial charge >= 0.3 is 6.03 Å². The molecule has 2 rings (SSSR count). The fourth-order valence-corrected chi connectivity index (χ4v) is 2.80. The van der Waals surface area contributed by atoms with E-state index in [1.165, 1.54) is 12.8 Å². The van der Waals surface area contributed by atoms with Crippen LogP contribution in [0.5, 0.6) is 0 Å². The summed E-state index contributed by atoms with van der Waals surface area (Å²) in [6, 6.07) is 9.75. The molecule has 0 aromatic heterocycles. The molecule has 1 aromatic carbocycles. The van der Waals surface area contributed by atoms with Gasteiger partial charge in [-0.3, -0.25) is 4.79 Å². The average Bonchev–Trinajstić information content (AvgIpc) is 2.90. The number of hydrogen-bond donors (Lipinski definition) is 3. The van der Waals surface area contributed by atoms with Crippen molar-refractivity contribution in [2.75, 3.05) is 13.1 Å². The quantitative estimate of drug-likeness (QED) is 0.702. The predicted octanol–water partition coefficient (Wildman–Crippen LogP) is 1.83. The number of carbonyl (C=O) groups excluding carboxylic acids is 2. The van der Waals surface area contributed by atoms with E-state index in [0.29, 0.717) is 25.4 Å². The van der Waals surface area contributed by atoms with Crippen LogP contribution in [-0.4, -0.2) is 31.1 Å². The Hall–Kier alpha value is -2.04. The minimum absolute atomic E-state index is 0.0298. The van der Waals surface area contributed by atoms with Gasteiger partial charge in [-0.25, -0.2) is 4.79 Å². The van der Waals surface area contributed by atoms with Crippen molar-refractivity contribution >= 4 is 11.9 Å². The number of hydrogen-bond acceptors (Lipinski definition) is 2. The average molecular weight is 303 g/mol. The first-order chi connectivity index (χ1) is 10.6. The fourth-order valence-electron chi connectivity index (χ4n) is 2.80. The van der Waals surface area contributed by atoms with Crippen molar-refractivity contribution in [2.24, 2.45) is 5.92 Å². The zero-order valence-electron chi connectivity index (χ0n) is 13.1. The molecule has 0 saturated heterocycles. The Morgan fingerprint density at radius 3 is 2.50 bits per heavy atom. The highest BCUT2D eigenvalue weighted by atomic mass is 16.2. The standard InChI is InChI=1S/C17H25N3O2/c1-13-6-5-9-15(13)20-17(22)19-11-10-18-16(21)12-14-7-3-2-4-8-14/h2-4,7-8,13,15H,5-6,9-12H2,1H3,(H,18,21)(H2,19,20,22)/t13-,15+/m0/s1. The van der Waals surface area contributed by atoms with E-state index in [1.54, 1.807) is 0 Å². The number of benzene rings is 1. The molecule has 1 aromatic rings. The lowest BCUT2D eigenvalue weighted by atomic mass is 10.1. The fraction of sp³-hybridized carbons (Fsp3) is 0.529. The largest absolute Gasteiger partial charge is 0.354 e. The maximum Gasteiger partial charge on any atom is 0.315 e. The summed E-state index contributed by atoms with van der Waals surface area (Å²) in [5, 5.41) is 8.59. The Morgan fingerprint density at radius 2 is 1.82 bits per heavy atom. The maximum absolute atomic E-state index is 11.7. The number of carbonyl (C=O) groups is 2. The van der Waals surface area contributed by atoms with Crippen molar-refractivity contribution in [3.63, 3.8) is 0 Å². The molecular formula is C17H25N3O2. The molecule has 5 nitrogen and oxygen atoms in total. The molecule has 3 amide bonds. The molecule has 0 aliphatic heterocycles. The van der Waals surface area contributed by atoms with E-state index in [4.69, 9.17) is 0 Å². The van der Waals surface area contributed by atoms with Crippen molar-refractivity contribution < 1.29 is 9.59 Å². The molecule has 3 N–H and O–H groups in total. The highest BCUT2D eigenvalue weighted by Gasteiger charge is 2.24. The van der Waals surface area contributed by atoms with Crippen LogP contribution in [0.1, 0.15) is 31.7 Å². The van der Waals surface area contributed by atoms with Crippen LogP contribution < -0.4 is 16.0 Å². The van der Waals surface area contributed by atoms with Gasteiger partial charge in [0.1, 0.15) is 0 Å². The molecule has 2 atom stereocenters. The first-order valence-electron chi connectivity index (χ1n) is 8.00. The molecule has 5 heteroatoms. The first kappa shape index (κ1) is 16.3. The Labute approximate surface area is 131 Å². The lowest BCUT2D eigenvalue weighted by molar-refractivity contribution is -0.120. The normalized spacial score (nSPS) is 20.4. The number of amides is 3. The summed E-state index contributed by atoms with van der Waals surface area (Å²) in [5.41, 5.74) is 0.987.